The Morgan fingerprint density at radius 1 is 1.18 bits per heavy atom. The van der Waals surface area contributed by atoms with Crippen molar-refractivity contribution in [2.24, 2.45) is 0 Å². The zero-order valence-electron chi connectivity index (χ0n) is 15.3. The van der Waals surface area contributed by atoms with Gasteiger partial charge in [-0.2, -0.15) is 5.10 Å². The Morgan fingerprint density at radius 2 is 1.96 bits per heavy atom. The van der Waals surface area contributed by atoms with Crippen LogP contribution in [0.25, 0.3) is 11.3 Å². The third kappa shape index (κ3) is 5.06. The second-order valence-corrected chi connectivity index (χ2v) is 6.92. The molecule has 0 spiro atoms. The summed E-state index contributed by atoms with van der Waals surface area (Å²) in [5.41, 5.74) is 2.43. The largest absolute Gasteiger partial charge is 0.392 e. The number of aliphatic hydroxyl groups excluding tert-OH is 1. The quantitative estimate of drug-likeness (QED) is 0.669. The molecule has 1 amide bonds. The first-order valence-electron chi connectivity index (χ1n) is 8.81. The molecule has 2 N–H and O–H groups in total. The molecular formula is C21H20ClN3O3. The highest BCUT2D eigenvalue weighted by Crippen LogP contribution is 2.20. The van der Waals surface area contributed by atoms with E-state index in [9.17, 15) is 14.7 Å². The number of halogens is 1. The molecule has 7 heteroatoms. The van der Waals surface area contributed by atoms with Crippen molar-refractivity contribution in [1.29, 1.82) is 0 Å². The van der Waals surface area contributed by atoms with Crippen LogP contribution in [0.3, 0.4) is 0 Å². The van der Waals surface area contributed by atoms with Gasteiger partial charge in [0.1, 0.15) is 0 Å². The van der Waals surface area contributed by atoms with Crippen LogP contribution in [-0.4, -0.2) is 33.4 Å². The molecule has 3 rings (SSSR count). The van der Waals surface area contributed by atoms with Crippen molar-refractivity contribution in [3.63, 3.8) is 0 Å². The lowest BCUT2D eigenvalue weighted by atomic mass is 10.1. The van der Waals surface area contributed by atoms with Gasteiger partial charge in [0.15, 0.2) is 0 Å². The van der Waals surface area contributed by atoms with Crippen LogP contribution in [0.15, 0.2) is 65.5 Å². The fourth-order valence-corrected chi connectivity index (χ4v) is 2.88. The number of nitrogens with one attached hydrogen (secondary N) is 1. The van der Waals surface area contributed by atoms with Gasteiger partial charge in [0, 0.05) is 28.8 Å². The lowest BCUT2D eigenvalue weighted by molar-refractivity contribution is 0.0924. The van der Waals surface area contributed by atoms with Crippen LogP contribution in [-0.2, 0) is 6.54 Å². The molecule has 1 atom stereocenters. The molecule has 0 fully saturated rings. The maximum atomic E-state index is 12.2. The van der Waals surface area contributed by atoms with E-state index in [0.717, 1.165) is 11.1 Å². The van der Waals surface area contributed by atoms with Crippen molar-refractivity contribution in [3.05, 3.63) is 87.2 Å². The van der Waals surface area contributed by atoms with Gasteiger partial charge < -0.3 is 10.4 Å². The normalized spacial score (nSPS) is 11.8. The van der Waals surface area contributed by atoms with Crippen LogP contribution in [0.5, 0.6) is 0 Å². The first-order valence-corrected chi connectivity index (χ1v) is 9.19. The van der Waals surface area contributed by atoms with Crippen LogP contribution in [0, 0.1) is 0 Å². The summed E-state index contributed by atoms with van der Waals surface area (Å²) in [6, 6.07) is 17.3. The minimum atomic E-state index is -0.621. The summed E-state index contributed by atoms with van der Waals surface area (Å²) in [6.45, 7) is 2.00. The van der Waals surface area contributed by atoms with Crippen LogP contribution >= 0.6 is 11.6 Å². The van der Waals surface area contributed by atoms with Gasteiger partial charge in [0.05, 0.1) is 18.3 Å². The second-order valence-electron chi connectivity index (χ2n) is 6.48. The highest BCUT2D eigenvalue weighted by molar-refractivity contribution is 6.30. The Balaban J connectivity index is 1.84. The summed E-state index contributed by atoms with van der Waals surface area (Å²) in [5.74, 6) is -0.282. The molecule has 0 aliphatic rings. The summed E-state index contributed by atoms with van der Waals surface area (Å²) in [4.78, 5) is 24.4. The average Bonchev–Trinajstić information content (AvgIpc) is 2.68. The monoisotopic (exact) mass is 397 g/mol. The van der Waals surface area contributed by atoms with Gasteiger partial charge in [0.25, 0.3) is 11.5 Å². The number of rotatable bonds is 6. The summed E-state index contributed by atoms with van der Waals surface area (Å²) < 4.78 is 1.35. The molecule has 144 valence electrons. The summed E-state index contributed by atoms with van der Waals surface area (Å²) in [5, 5.41) is 17.0. The molecule has 3 aromatic rings. The summed E-state index contributed by atoms with van der Waals surface area (Å²) in [6.07, 6.45) is -0.621. The van der Waals surface area contributed by atoms with Crippen LogP contribution in [0.1, 0.15) is 22.8 Å². The number of hydrogen-bond acceptors (Lipinski definition) is 4. The van der Waals surface area contributed by atoms with Crippen LogP contribution in [0.2, 0.25) is 5.02 Å². The van der Waals surface area contributed by atoms with Gasteiger partial charge in [0.2, 0.25) is 0 Å². The van der Waals surface area contributed by atoms with E-state index in [0.29, 0.717) is 16.3 Å². The molecule has 1 unspecified atom stereocenters. The fraction of sp³-hybridized carbons (Fsp3) is 0.190. The first-order chi connectivity index (χ1) is 13.4. The fourth-order valence-electron chi connectivity index (χ4n) is 2.69. The lowest BCUT2D eigenvalue weighted by Gasteiger charge is -2.10. The van der Waals surface area contributed by atoms with E-state index in [1.165, 1.54) is 10.7 Å². The molecule has 1 aromatic heterocycles. The minimum Gasteiger partial charge on any atom is -0.392 e. The van der Waals surface area contributed by atoms with Gasteiger partial charge in [-0.05, 0) is 42.8 Å². The SMILES string of the molecule is CC(O)CNC(=O)c1cccc(Cn2nc(-c3cccc(Cl)c3)ccc2=O)c1. The van der Waals surface area contributed by atoms with Gasteiger partial charge in [-0.1, -0.05) is 35.9 Å². The third-order valence-electron chi connectivity index (χ3n) is 4.07. The Hall–Kier alpha value is -2.96. The van der Waals surface area contributed by atoms with Crippen LogP contribution in [0.4, 0.5) is 0 Å². The van der Waals surface area contributed by atoms with Gasteiger partial charge in [-0.3, -0.25) is 9.59 Å². The number of benzene rings is 2. The standard InChI is InChI=1S/C21H20ClN3O3/c1-14(26)12-23-21(28)17-6-2-4-15(10-17)13-25-20(27)9-8-19(24-25)16-5-3-7-18(22)11-16/h2-11,14,26H,12-13H2,1H3,(H,23,28). The van der Waals surface area contributed by atoms with Gasteiger partial charge >= 0.3 is 0 Å². The molecule has 0 saturated carbocycles. The van der Waals surface area contributed by atoms with E-state index in [1.807, 2.05) is 18.2 Å². The highest BCUT2D eigenvalue weighted by atomic mass is 35.5. The Morgan fingerprint density at radius 3 is 2.71 bits per heavy atom. The lowest BCUT2D eigenvalue weighted by Crippen LogP contribution is -2.30. The number of amides is 1. The predicted octanol–water partition coefficient (Wildman–Crippen LogP) is 2.72. The molecule has 28 heavy (non-hydrogen) atoms. The van der Waals surface area contributed by atoms with Crippen molar-refractivity contribution in [1.82, 2.24) is 15.1 Å². The Labute approximate surface area is 167 Å². The third-order valence-corrected chi connectivity index (χ3v) is 4.30. The molecule has 0 aliphatic heterocycles. The number of carbonyl (C=O) groups is 1. The molecule has 1 heterocycles. The number of aromatic nitrogens is 2. The van der Waals surface area contributed by atoms with E-state index < -0.39 is 6.10 Å². The van der Waals surface area contributed by atoms with Gasteiger partial charge in [-0.15, -0.1) is 0 Å². The average molecular weight is 398 g/mol. The maximum Gasteiger partial charge on any atom is 0.267 e. The molecule has 6 nitrogen and oxygen atoms in total. The van der Waals surface area contributed by atoms with Crippen molar-refractivity contribution in [3.8, 4) is 11.3 Å². The van der Waals surface area contributed by atoms with E-state index in [-0.39, 0.29) is 24.6 Å². The van der Waals surface area contributed by atoms with E-state index in [1.54, 1.807) is 43.3 Å². The van der Waals surface area contributed by atoms with Crippen molar-refractivity contribution in [2.45, 2.75) is 19.6 Å². The molecule has 2 aromatic carbocycles. The maximum absolute atomic E-state index is 12.2. The second kappa shape index (κ2) is 8.82. The molecule has 0 aliphatic carbocycles. The van der Waals surface area contributed by atoms with Crippen molar-refractivity contribution in [2.75, 3.05) is 6.54 Å². The summed E-state index contributed by atoms with van der Waals surface area (Å²) in [7, 11) is 0. The smallest absolute Gasteiger partial charge is 0.267 e. The number of hydrogen-bond donors (Lipinski definition) is 2. The zero-order chi connectivity index (χ0) is 20.1. The number of aliphatic hydroxyl groups is 1. The van der Waals surface area contributed by atoms with Gasteiger partial charge in [-0.25, -0.2) is 4.68 Å². The van der Waals surface area contributed by atoms with E-state index >= 15 is 0 Å². The Bertz CT molecular complexity index is 1050. The number of nitrogens with zero attached hydrogens (tertiary/aromatic N) is 2. The molecule has 0 bridgehead atoms. The number of carbonyl (C=O) groups excluding carboxylic acids is 1. The van der Waals surface area contributed by atoms with E-state index in [2.05, 4.69) is 10.4 Å². The first kappa shape index (κ1) is 19.8. The molecular weight excluding hydrogens is 378 g/mol. The predicted molar refractivity (Wildman–Crippen MR) is 109 cm³/mol. The minimum absolute atomic E-state index is 0.172. The molecule has 0 saturated heterocycles. The van der Waals surface area contributed by atoms with Crippen molar-refractivity contribution < 1.29 is 9.90 Å². The van der Waals surface area contributed by atoms with Crippen molar-refractivity contribution >= 4 is 17.5 Å². The molecule has 0 radical (unpaired) electrons. The highest BCUT2D eigenvalue weighted by Gasteiger charge is 2.09. The van der Waals surface area contributed by atoms with Crippen LogP contribution < -0.4 is 10.9 Å². The Kier molecular flexibility index (Phi) is 6.23. The zero-order valence-corrected chi connectivity index (χ0v) is 16.1. The topological polar surface area (TPSA) is 84.2 Å². The summed E-state index contributed by atoms with van der Waals surface area (Å²) >= 11 is 6.04. The van der Waals surface area contributed by atoms with E-state index in [4.69, 9.17) is 11.6 Å².